The number of likely N-dealkylation sites (tertiary alicyclic amines) is 1. The first-order valence-electron chi connectivity index (χ1n) is 8.73. The highest BCUT2D eigenvalue weighted by Gasteiger charge is 2.24. The molecular weight excluding hydrogens is 318 g/mol. The lowest BCUT2D eigenvalue weighted by Gasteiger charge is -2.29. The van der Waals surface area contributed by atoms with Crippen molar-refractivity contribution in [3.05, 3.63) is 30.1 Å². The summed E-state index contributed by atoms with van der Waals surface area (Å²) in [5.41, 5.74) is 7.40. The minimum absolute atomic E-state index is 0.0105. The van der Waals surface area contributed by atoms with Crippen LogP contribution < -0.4 is 11.1 Å². The topological polar surface area (TPSA) is 93.3 Å². The molecule has 0 atom stereocenters. The molecule has 0 radical (unpaired) electrons. The molecule has 2 heterocycles. The van der Waals surface area contributed by atoms with Crippen LogP contribution in [0.2, 0.25) is 0 Å². The predicted octanol–water partition coefficient (Wildman–Crippen LogP) is 0.429. The van der Waals surface area contributed by atoms with Crippen LogP contribution in [-0.4, -0.2) is 52.4 Å². The molecule has 7 nitrogen and oxygen atoms in total. The van der Waals surface area contributed by atoms with E-state index in [1.54, 1.807) is 0 Å². The highest BCUT2D eigenvalue weighted by Crippen LogP contribution is 2.16. The first-order chi connectivity index (χ1) is 12.0. The molecular formula is C18H25N5O2. The van der Waals surface area contributed by atoms with Gasteiger partial charge in [-0.3, -0.25) is 14.5 Å². The zero-order valence-corrected chi connectivity index (χ0v) is 14.6. The van der Waals surface area contributed by atoms with Crippen LogP contribution in [0.3, 0.4) is 0 Å². The summed E-state index contributed by atoms with van der Waals surface area (Å²) in [7, 11) is 2.00. The lowest BCUT2D eigenvalue weighted by Crippen LogP contribution is -2.44. The number of fused-ring (bicyclic) bond motifs is 1. The number of carbonyl (C=O) groups is 2. The number of imidazole rings is 1. The summed E-state index contributed by atoms with van der Waals surface area (Å²) >= 11 is 0. The van der Waals surface area contributed by atoms with E-state index in [1.807, 2.05) is 31.3 Å². The quantitative estimate of drug-likeness (QED) is 0.795. The molecule has 0 unspecified atom stereocenters. The second kappa shape index (κ2) is 7.65. The number of nitrogens with zero attached hydrogens (tertiary/aromatic N) is 3. The Morgan fingerprint density at radius 3 is 2.68 bits per heavy atom. The van der Waals surface area contributed by atoms with Crippen LogP contribution >= 0.6 is 0 Å². The van der Waals surface area contributed by atoms with Crippen molar-refractivity contribution in [2.75, 3.05) is 26.2 Å². The number of piperidine rings is 1. The number of aryl methyl sites for hydroxylation is 1. The molecule has 1 aliphatic rings. The Balaban J connectivity index is 1.43. The van der Waals surface area contributed by atoms with Crippen molar-refractivity contribution < 1.29 is 9.59 Å². The number of rotatable bonds is 6. The molecule has 3 N–H and O–H groups in total. The molecule has 0 bridgehead atoms. The second-order valence-corrected chi connectivity index (χ2v) is 6.63. The van der Waals surface area contributed by atoms with Gasteiger partial charge in [0.05, 0.1) is 17.6 Å². The number of nitrogens with two attached hydrogens (primary N) is 1. The first-order valence-corrected chi connectivity index (χ1v) is 8.73. The standard InChI is InChI=1S/C18H25N5O2/c1-22-15-5-3-2-4-14(15)21-16(22)6-9-20-17(24)12-23-10-7-13(8-11-23)18(19)25/h2-5,13H,6-12H2,1H3,(H2,19,25)(H,20,24). The highest BCUT2D eigenvalue weighted by atomic mass is 16.2. The van der Waals surface area contributed by atoms with Gasteiger partial charge >= 0.3 is 0 Å². The van der Waals surface area contributed by atoms with Crippen molar-refractivity contribution >= 4 is 22.8 Å². The summed E-state index contributed by atoms with van der Waals surface area (Å²) in [6.45, 7) is 2.42. The van der Waals surface area contributed by atoms with Crippen molar-refractivity contribution in [2.45, 2.75) is 19.3 Å². The number of amides is 2. The van der Waals surface area contributed by atoms with E-state index in [-0.39, 0.29) is 17.7 Å². The number of carbonyl (C=O) groups excluding carboxylic acids is 2. The Morgan fingerprint density at radius 2 is 2.00 bits per heavy atom. The Kier molecular flexibility index (Phi) is 5.33. The Labute approximate surface area is 147 Å². The molecule has 1 saturated heterocycles. The predicted molar refractivity (Wildman–Crippen MR) is 95.8 cm³/mol. The van der Waals surface area contributed by atoms with Gasteiger partial charge in [0.15, 0.2) is 0 Å². The third-order valence-electron chi connectivity index (χ3n) is 4.91. The molecule has 0 aliphatic carbocycles. The number of hydrogen-bond donors (Lipinski definition) is 2. The van der Waals surface area contributed by atoms with Gasteiger partial charge in [-0.1, -0.05) is 12.1 Å². The maximum atomic E-state index is 12.1. The summed E-state index contributed by atoms with van der Waals surface area (Å²) in [4.78, 5) is 30.0. The zero-order chi connectivity index (χ0) is 17.8. The molecule has 2 amide bonds. The number of para-hydroxylation sites is 2. The van der Waals surface area contributed by atoms with E-state index < -0.39 is 0 Å². The van der Waals surface area contributed by atoms with Gasteiger partial charge < -0.3 is 15.6 Å². The number of benzene rings is 1. The fourth-order valence-corrected chi connectivity index (χ4v) is 3.37. The van der Waals surface area contributed by atoms with Crippen molar-refractivity contribution in [1.29, 1.82) is 0 Å². The number of aromatic nitrogens is 2. The molecule has 2 aromatic rings. The van der Waals surface area contributed by atoms with Gasteiger partial charge in [-0.05, 0) is 38.1 Å². The first kappa shape index (κ1) is 17.4. The van der Waals surface area contributed by atoms with E-state index in [0.29, 0.717) is 19.5 Å². The third-order valence-corrected chi connectivity index (χ3v) is 4.91. The van der Waals surface area contributed by atoms with Crippen molar-refractivity contribution in [3.8, 4) is 0 Å². The average Bonchev–Trinajstić information content (AvgIpc) is 2.92. The second-order valence-electron chi connectivity index (χ2n) is 6.63. The Morgan fingerprint density at radius 1 is 1.28 bits per heavy atom. The van der Waals surface area contributed by atoms with Crippen molar-refractivity contribution in [3.63, 3.8) is 0 Å². The summed E-state index contributed by atoms with van der Waals surface area (Å²) in [6.07, 6.45) is 2.17. The van der Waals surface area contributed by atoms with E-state index in [4.69, 9.17) is 5.73 Å². The summed E-state index contributed by atoms with van der Waals surface area (Å²) < 4.78 is 2.07. The van der Waals surface area contributed by atoms with Gasteiger partial charge in [0, 0.05) is 25.9 Å². The molecule has 7 heteroatoms. The van der Waals surface area contributed by atoms with Crippen LogP contribution in [0.25, 0.3) is 11.0 Å². The van der Waals surface area contributed by atoms with Crippen molar-refractivity contribution in [1.82, 2.24) is 19.8 Å². The lowest BCUT2D eigenvalue weighted by molar-refractivity contribution is -0.124. The van der Waals surface area contributed by atoms with E-state index >= 15 is 0 Å². The lowest BCUT2D eigenvalue weighted by atomic mass is 9.96. The maximum Gasteiger partial charge on any atom is 0.234 e. The minimum atomic E-state index is -0.230. The van der Waals surface area contributed by atoms with Gasteiger partial charge in [0.2, 0.25) is 11.8 Å². The van der Waals surface area contributed by atoms with Crippen LogP contribution in [-0.2, 0) is 23.1 Å². The molecule has 1 aliphatic heterocycles. The highest BCUT2D eigenvalue weighted by molar-refractivity contribution is 5.79. The van der Waals surface area contributed by atoms with Crippen LogP contribution in [0.5, 0.6) is 0 Å². The van der Waals surface area contributed by atoms with Gasteiger partial charge in [-0.2, -0.15) is 0 Å². The smallest absolute Gasteiger partial charge is 0.234 e. The van der Waals surface area contributed by atoms with Crippen LogP contribution in [0.15, 0.2) is 24.3 Å². The SMILES string of the molecule is Cn1c(CCNC(=O)CN2CCC(C(N)=O)CC2)nc2ccccc21. The van der Waals surface area contributed by atoms with E-state index in [2.05, 4.69) is 19.8 Å². The Bertz CT molecular complexity index is 762. The molecule has 25 heavy (non-hydrogen) atoms. The zero-order valence-electron chi connectivity index (χ0n) is 14.6. The largest absolute Gasteiger partial charge is 0.369 e. The fourth-order valence-electron chi connectivity index (χ4n) is 3.37. The summed E-state index contributed by atoms with van der Waals surface area (Å²) in [5, 5.41) is 2.96. The van der Waals surface area contributed by atoms with E-state index in [9.17, 15) is 9.59 Å². The number of primary amides is 1. The minimum Gasteiger partial charge on any atom is -0.369 e. The molecule has 1 aromatic heterocycles. The fraction of sp³-hybridized carbons (Fsp3) is 0.500. The van der Waals surface area contributed by atoms with E-state index in [1.165, 1.54) is 0 Å². The van der Waals surface area contributed by atoms with Gasteiger partial charge in [-0.15, -0.1) is 0 Å². The summed E-state index contributed by atoms with van der Waals surface area (Å²) in [5.74, 6) is 0.698. The van der Waals surface area contributed by atoms with Gasteiger partial charge in [-0.25, -0.2) is 4.98 Å². The van der Waals surface area contributed by atoms with Gasteiger partial charge in [0.25, 0.3) is 0 Å². The molecule has 0 spiro atoms. The number of nitrogens with one attached hydrogen (secondary N) is 1. The molecule has 3 rings (SSSR count). The molecule has 1 fully saturated rings. The van der Waals surface area contributed by atoms with Crippen molar-refractivity contribution in [2.24, 2.45) is 18.7 Å². The van der Waals surface area contributed by atoms with Gasteiger partial charge in [0.1, 0.15) is 5.82 Å². The Hall–Kier alpha value is -2.41. The molecule has 1 aromatic carbocycles. The average molecular weight is 343 g/mol. The summed E-state index contributed by atoms with van der Waals surface area (Å²) in [6, 6.07) is 8.01. The third kappa shape index (κ3) is 4.17. The van der Waals surface area contributed by atoms with Crippen LogP contribution in [0.1, 0.15) is 18.7 Å². The number of hydrogen-bond acceptors (Lipinski definition) is 4. The molecule has 0 saturated carbocycles. The van der Waals surface area contributed by atoms with Crippen LogP contribution in [0, 0.1) is 5.92 Å². The van der Waals surface area contributed by atoms with Crippen LogP contribution in [0.4, 0.5) is 0 Å². The monoisotopic (exact) mass is 343 g/mol. The maximum absolute atomic E-state index is 12.1. The normalized spacial score (nSPS) is 16.2. The molecule has 134 valence electrons. The van der Waals surface area contributed by atoms with E-state index in [0.717, 1.165) is 42.8 Å².